The molecule has 2 aromatic carbocycles. The first-order valence-corrected chi connectivity index (χ1v) is 10.5. The van der Waals surface area contributed by atoms with Gasteiger partial charge in [0.2, 0.25) is 0 Å². The lowest BCUT2D eigenvalue weighted by molar-refractivity contribution is 0.409. The second-order valence-corrected chi connectivity index (χ2v) is 7.72. The van der Waals surface area contributed by atoms with Gasteiger partial charge in [-0.25, -0.2) is 4.98 Å². The van der Waals surface area contributed by atoms with Crippen LogP contribution in [0.4, 0.5) is 0 Å². The van der Waals surface area contributed by atoms with Crippen LogP contribution in [-0.2, 0) is 5.54 Å². The molecule has 5 nitrogen and oxygen atoms in total. The Kier molecular flexibility index (Phi) is 4.86. The van der Waals surface area contributed by atoms with E-state index in [9.17, 15) is 0 Å². The van der Waals surface area contributed by atoms with Gasteiger partial charge in [0.1, 0.15) is 11.5 Å². The molecule has 5 rings (SSSR count). The minimum Gasteiger partial charge on any atom is -0.494 e. The highest BCUT2D eigenvalue weighted by Crippen LogP contribution is 2.39. The Labute approximate surface area is 181 Å². The number of hydrogen-bond donors (Lipinski definition) is 1. The Morgan fingerprint density at radius 1 is 1.00 bits per heavy atom. The van der Waals surface area contributed by atoms with E-state index in [-0.39, 0.29) is 5.54 Å². The molecule has 1 aliphatic heterocycles. The van der Waals surface area contributed by atoms with Crippen molar-refractivity contribution in [3.05, 3.63) is 90.3 Å². The lowest BCUT2D eigenvalue weighted by Crippen LogP contribution is -2.43. The van der Waals surface area contributed by atoms with Crippen molar-refractivity contribution in [1.29, 1.82) is 0 Å². The first-order chi connectivity index (χ1) is 15.3. The van der Waals surface area contributed by atoms with Crippen LogP contribution in [0.2, 0.25) is 0 Å². The van der Waals surface area contributed by atoms with Crippen molar-refractivity contribution in [2.75, 3.05) is 13.7 Å². The van der Waals surface area contributed by atoms with Crippen LogP contribution in [0.5, 0.6) is 5.75 Å². The fourth-order valence-corrected chi connectivity index (χ4v) is 4.29. The predicted octanol–water partition coefficient (Wildman–Crippen LogP) is 4.96. The smallest absolute Gasteiger partial charge is 0.156 e. The molecule has 31 heavy (non-hydrogen) atoms. The number of hydrogen-bond acceptors (Lipinski definition) is 5. The molecular formula is C26H24N4O. The van der Waals surface area contributed by atoms with Crippen LogP contribution >= 0.6 is 0 Å². The fourth-order valence-electron chi connectivity index (χ4n) is 4.29. The number of para-hydroxylation sites is 1. The summed E-state index contributed by atoms with van der Waals surface area (Å²) >= 11 is 0. The number of aliphatic imine (C=N–C) groups is 1. The van der Waals surface area contributed by atoms with E-state index in [2.05, 4.69) is 41.5 Å². The Hall–Kier alpha value is -3.73. The Bertz CT molecular complexity index is 1250. The zero-order chi connectivity index (χ0) is 21.3. The molecule has 0 bridgehead atoms. The number of amidine groups is 1. The van der Waals surface area contributed by atoms with E-state index in [1.165, 1.54) is 0 Å². The second-order valence-electron chi connectivity index (χ2n) is 7.72. The summed E-state index contributed by atoms with van der Waals surface area (Å²) < 4.78 is 5.96. The minimum atomic E-state index is -0.286. The number of nitrogens with one attached hydrogen (secondary N) is 1. The lowest BCUT2D eigenvalue weighted by Gasteiger charge is -2.29. The van der Waals surface area contributed by atoms with Crippen LogP contribution in [0, 0.1) is 0 Å². The number of ether oxygens (including phenoxy) is 1. The van der Waals surface area contributed by atoms with Gasteiger partial charge in [0.05, 0.1) is 30.3 Å². The van der Waals surface area contributed by atoms with Gasteiger partial charge < -0.3 is 10.1 Å². The van der Waals surface area contributed by atoms with Crippen molar-refractivity contribution in [2.24, 2.45) is 4.99 Å². The predicted molar refractivity (Wildman–Crippen MR) is 124 cm³/mol. The maximum absolute atomic E-state index is 5.96. The van der Waals surface area contributed by atoms with Gasteiger partial charge in [-0.05, 0) is 24.1 Å². The molecule has 1 unspecified atom stereocenters. The molecule has 0 radical (unpaired) electrons. The summed E-state index contributed by atoms with van der Waals surface area (Å²) in [5.41, 5.74) is 4.54. The Morgan fingerprint density at radius 3 is 2.55 bits per heavy atom. The topological polar surface area (TPSA) is 59.4 Å². The number of pyridine rings is 2. The normalized spacial score (nSPS) is 17.9. The quantitative estimate of drug-likeness (QED) is 0.507. The van der Waals surface area contributed by atoms with Crippen molar-refractivity contribution in [3.8, 4) is 17.0 Å². The third-order valence-corrected chi connectivity index (χ3v) is 6.02. The molecule has 0 amide bonds. The van der Waals surface area contributed by atoms with Crippen LogP contribution < -0.4 is 10.1 Å². The monoisotopic (exact) mass is 408 g/mol. The maximum atomic E-state index is 5.96. The van der Waals surface area contributed by atoms with Crippen molar-refractivity contribution in [2.45, 2.75) is 18.9 Å². The van der Waals surface area contributed by atoms with Crippen LogP contribution in [0.1, 0.15) is 24.5 Å². The number of aromatic nitrogens is 2. The molecule has 0 spiro atoms. The van der Waals surface area contributed by atoms with Gasteiger partial charge in [-0.1, -0.05) is 61.5 Å². The molecule has 0 saturated carbocycles. The summed E-state index contributed by atoms with van der Waals surface area (Å²) in [5.74, 6) is 1.56. The van der Waals surface area contributed by atoms with Crippen LogP contribution in [0.25, 0.3) is 22.2 Å². The van der Waals surface area contributed by atoms with Crippen LogP contribution in [-0.4, -0.2) is 29.5 Å². The molecular weight excluding hydrogens is 384 g/mol. The van der Waals surface area contributed by atoms with E-state index >= 15 is 0 Å². The molecule has 0 fully saturated rings. The summed E-state index contributed by atoms with van der Waals surface area (Å²) in [6.45, 7) is 2.82. The standard InChI is InChI=1S/C26H24N4O/c1-3-26(19-12-9-15-27-16-19)17-28-25(30-26)22-20-13-7-8-14-21(20)29-23(24(22)31-2)18-10-5-4-6-11-18/h4-16H,3,17H2,1-2H3,(H,28,30). The molecule has 0 saturated heterocycles. The minimum absolute atomic E-state index is 0.286. The zero-order valence-corrected chi connectivity index (χ0v) is 17.7. The Balaban J connectivity index is 1.70. The molecule has 3 heterocycles. The highest BCUT2D eigenvalue weighted by molar-refractivity contribution is 6.13. The van der Waals surface area contributed by atoms with Crippen molar-refractivity contribution in [1.82, 2.24) is 15.3 Å². The summed E-state index contributed by atoms with van der Waals surface area (Å²) in [6, 6.07) is 22.4. The summed E-state index contributed by atoms with van der Waals surface area (Å²) in [4.78, 5) is 14.2. The third-order valence-electron chi connectivity index (χ3n) is 6.02. The number of nitrogens with zero attached hydrogens (tertiary/aromatic N) is 3. The molecule has 1 N–H and O–H groups in total. The van der Waals surface area contributed by atoms with Crippen LogP contribution in [0.3, 0.4) is 0 Å². The van der Waals surface area contributed by atoms with Crippen LogP contribution in [0.15, 0.2) is 84.1 Å². The zero-order valence-electron chi connectivity index (χ0n) is 17.7. The van der Waals surface area contributed by atoms with Gasteiger partial charge >= 0.3 is 0 Å². The SMILES string of the molecule is CCC1(c2cccnc2)CN=C(c2c(OC)c(-c3ccccc3)nc3ccccc23)N1. The van der Waals surface area contributed by atoms with E-state index in [0.717, 1.165) is 51.3 Å². The molecule has 2 aromatic heterocycles. The van der Waals surface area contributed by atoms with Gasteiger partial charge in [-0.15, -0.1) is 0 Å². The van der Waals surface area contributed by atoms with E-state index < -0.39 is 0 Å². The number of benzene rings is 2. The van der Waals surface area contributed by atoms with Gasteiger partial charge in [0.25, 0.3) is 0 Å². The summed E-state index contributed by atoms with van der Waals surface area (Å²) in [6.07, 6.45) is 4.62. The number of rotatable bonds is 5. The second kappa shape index (κ2) is 7.84. The third kappa shape index (κ3) is 3.22. The first-order valence-electron chi connectivity index (χ1n) is 10.5. The van der Waals surface area contributed by atoms with E-state index in [0.29, 0.717) is 6.54 Å². The number of methoxy groups -OCH3 is 1. The largest absolute Gasteiger partial charge is 0.494 e. The van der Waals surface area contributed by atoms with Gasteiger partial charge in [0, 0.05) is 23.3 Å². The molecule has 5 heteroatoms. The fraction of sp³-hybridized carbons (Fsp3) is 0.192. The van der Waals surface area contributed by atoms with E-state index in [4.69, 9.17) is 14.7 Å². The molecule has 1 aliphatic rings. The van der Waals surface area contributed by atoms with Gasteiger partial charge in [0.15, 0.2) is 5.75 Å². The van der Waals surface area contributed by atoms with Gasteiger partial charge in [-0.2, -0.15) is 0 Å². The van der Waals surface area contributed by atoms with Crippen molar-refractivity contribution in [3.63, 3.8) is 0 Å². The lowest BCUT2D eigenvalue weighted by atomic mass is 9.89. The first kappa shape index (κ1) is 19.2. The van der Waals surface area contributed by atoms with Crippen molar-refractivity contribution < 1.29 is 4.74 Å². The number of fused-ring (bicyclic) bond motifs is 1. The molecule has 154 valence electrons. The Morgan fingerprint density at radius 2 is 1.81 bits per heavy atom. The molecule has 4 aromatic rings. The average Bonchev–Trinajstić information content (AvgIpc) is 3.29. The molecule has 0 aliphatic carbocycles. The average molecular weight is 409 g/mol. The van der Waals surface area contributed by atoms with E-state index in [1.54, 1.807) is 13.3 Å². The van der Waals surface area contributed by atoms with Gasteiger partial charge in [-0.3, -0.25) is 9.98 Å². The maximum Gasteiger partial charge on any atom is 0.156 e. The van der Waals surface area contributed by atoms with Crippen molar-refractivity contribution >= 4 is 16.7 Å². The highest BCUT2D eigenvalue weighted by Gasteiger charge is 2.37. The summed E-state index contributed by atoms with van der Waals surface area (Å²) in [5, 5.41) is 4.75. The highest BCUT2D eigenvalue weighted by atomic mass is 16.5. The molecule has 1 atom stereocenters. The summed E-state index contributed by atoms with van der Waals surface area (Å²) in [7, 11) is 1.70. The van der Waals surface area contributed by atoms with E-state index in [1.807, 2.05) is 48.7 Å².